The van der Waals surface area contributed by atoms with Crippen LogP contribution < -0.4 is 0 Å². The molecule has 0 aliphatic heterocycles. The van der Waals surface area contributed by atoms with E-state index in [1.807, 2.05) is 0 Å². The van der Waals surface area contributed by atoms with E-state index in [1.165, 1.54) is 12.1 Å². The molecule has 84 valence electrons. The van der Waals surface area contributed by atoms with Crippen LogP contribution in [0.4, 0.5) is 4.39 Å². The molecule has 0 radical (unpaired) electrons. The highest BCUT2D eigenvalue weighted by molar-refractivity contribution is 5.82. The predicted molar refractivity (Wildman–Crippen MR) is 56.7 cm³/mol. The van der Waals surface area contributed by atoms with Crippen molar-refractivity contribution in [2.75, 3.05) is 0 Å². The van der Waals surface area contributed by atoms with Crippen LogP contribution in [0.2, 0.25) is 0 Å². The normalized spacial score (nSPS) is 10.9. The summed E-state index contributed by atoms with van der Waals surface area (Å²) < 4.78 is 14.6. The lowest BCUT2D eigenvalue weighted by Gasteiger charge is -2.00. The number of hydrogen-bond donors (Lipinski definition) is 1. The maximum atomic E-state index is 13.0. The van der Waals surface area contributed by atoms with Gasteiger partial charge in [-0.15, -0.1) is 0 Å². The zero-order valence-electron chi connectivity index (χ0n) is 8.77. The number of carbonyl (C=O) groups is 1. The summed E-state index contributed by atoms with van der Waals surface area (Å²) in [7, 11) is 0. The van der Waals surface area contributed by atoms with Crippen LogP contribution in [0.5, 0.6) is 0 Å². The van der Waals surface area contributed by atoms with Crippen molar-refractivity contribution < 1.29 is 14.3 Å². The highest BCUT2D eigenvalue weighted by Crippen LogP contribution is 2.19. The number of fused-ring (bicyclic) bond motifs is 1. The Morgan fingerprint density at radius 1 is 1.56 bits per heavy atom. The van der Waals surface area contributed by atoms with Crippen molar-refractivity contribution in [1.82, 2.24) is 9.78 Å². The summed E-state index contributed by atoms with van der Waals surface area (Å²) in [6.07, 6.45) is 0.00754. The molecule has 0 bridgehead atoms. The van der Waals surface area contributed by atoms with Crippen LogP contribution in [-0.4, -0.2) is 20.9 Å². The quantitative estimate of drug-likeness (QED) is 0.863. The molecule has 4 nitrogen and oxygen atoms in total. The first-order valence-corrected chi connectivity index (χ1v) is 4.92. The van der Waals surface area contributed by atoms with Crippen molar-refractivity contribution in [3.05, 3.63) is 29.7 Å². The molecule has 0 atom stereocenters. The molecule has 0 amide bonds. The number of carboxylic acids is 1. The number of hydrogen-bond acceptors (Lipinski definition) is 2. The number of carboxylic acid groups (broad SMARTS) is 1. The SMILES string of the molecule is Cc1nn(CCC(=O)O)c2ccc(F)cc12. The summed E-state index contributed by atoms with van der Waals surface area (Å²) in [5.74, 6) is -1.18. The highest BCUT2D eigenvalue weighted by atomic mass is 19.1. The minimum absolute atomic E-state index is 0.00754. The second kappa shape index (κ2) is 3.92. The third-order valence-corrected chi connectivity index (χ3v) is 2.43. The molecule has 16 heavy (non-hydrogen) atoms. The first-order chi connectivity index (χ1) is 7.58. The zero-order chi connectivity index (χ0) is 11.7. The van der Waals surface area contributed by atoms with Crippen LogP contribution >= 0.6 is 0 Å². The summed E-state index contributed by atoms with van der Waals surface area (Å²) in [6, 6.07) is 4.38. The number of benzene rings is 1. The monoisotopic (exact) mass is 222 g/mol. The van der Waals surface area contributed by atoms with Gasteiger partial charge in [0.1, 0.15) is 5.82 Å². The number of aromatic nitrogens is 2. The lowest BCUT2D eigenvalue weighted by atomic mass is 10.2. The van der Waals surface area contributed by atoms with Crippen LogP contribution in [0.15, 0.2) is 18.2 Å². The molecule has 1 aromatic heterocycles. The lowest BCUT2D eigenvalue weighted by Crippen LogP contribution is -2.05. The average Bonchev–Trinajstić information content (AvgIpc) is 2.53. The number of halogens is 1. The van der Waals surface area contributed by atoms with Crippen LogP contribution in [0.25, 0.3) is 10.9 Å². The Labute approximate surface area is 91.3 Å². The van der Waals surface area contributed by atoms with E-state index in [-0.39, 0.29) is 12.2 Å². The van der Waals surface area contributed by atoms with Crippen LogP contribution in [0, 0.1) is 12.7 Å². The summed E-state index contributed by atoms with van der Waals surface area (Å²) in [5, 5.41) is 13.5. The maximum Gasteiger partial charge on any atom is 0.305 e. The standard InChI is InChI=1S/C11H11FN2O2/c1-7-9-6-8(12)2-3-10(9)14(13-7)5-4-11(15)16/h2-3,6H,4-5H2,1H3,(H,15,16). The lowest BCUT2D eigenvalue weighted by molar-refractivity contribution is -0.137. The number of nitrogens with zero attached hydrogens (tertiary/aromatic N) is 2. The molecular formula is C11H11FN2O2. The van der Waals surface area contributed by atoms with Gasteiger partial charge in [0.15, 0.2) is 0 Å². The van der Waals surface area contributed by atoms with E-state index in [0.29, 0.717) is 12.2 Å². The molecule has 0 saturated heterocycles. The second-order valence-corrected chi connectivity index (χ2v) is 3.61. The molecule has 1 heterocycles. The number of rotatable bonds is 3. The van der Waals surface area contributed by atoms with Gasteiger partial charge in [0.25, 0.3) is 0 Å². The summed E-state index contributed by atoms with van der Waals surface area (Å²) in [5.41, 5.74) is 1.47. The Morgan fingerprint density at radius 3 is 3.00 bits per heavy atom. The first kappa shape index (κ1) is 10.6. The molecule has 0 spiro atoms. The van der Waals surface area contributed by atoms with Crippen LogP contribution in [0.1, 0.15) is 12.1 Å². The maximum absolute atomic E-state index is 13.0. The molecule has 1 N–H and O–H groups in total. The van der Waals surface area contributed by atoms with Crippen LogP contribution in [0.3, 0.4) is 0 Å². The smallest absolute Gasteiger partial charge is 0.305 e. The van der Waals surface area contributed by atoms with Crippen molar-refractivity contribution in [3.63, 3.8) is 0 Å². The minimum Gasteiger partial charge on any atom is -0.481 e. The van der Waals surface area contributed by atoms with Gasteiger partial charge in [-0.05, 0) is 25.1 Å². The molecule has 0 aliphatic carbocycles. The Bertz CT molecular complexity index is 548. The third kappa shape index (κ3) is 1.88. The highest BCUT2D eigenvalue weighted by Gasteiger charge is 2.08. The zero-order valence-corrected chi connectivity index (χ0v) is 8.77. The minimum atomic E-state index is -0.872. The van der Waals surface area contributed by atoms with Crippen molar-refractivity contribution in [3.8, 4) is 0 Å². The molecular weight excluding hydrogens is 211 g/mol. The molecule has 0 aliphatic rings. The first-order valence-electron chi connectivity index (χ1n) is 4.92. The molecule has 0 fully saturated rings. The summed E-state index contributed by atoms with van der Waals surface area (Å²) >= 11 is 0. The van der Waals surface area contributed by atoms with E-state index >= 15 is 0 Å². The van der Waals surface area contributed by atoms with Gasteiger partial charge >= 0.3 is 5.97 Å². The predicted octanol–water partition coefficient (Wildman–Crippen LogP) is 1.96. The van der Waals surface area contributed by atoms with Crippen LogP contribution in [-0.2, 0) is 11.3 Å². The van der Waals surface area contributed by atoms with Gasteiger partial charge in [-0.2, -0.15) is 5.10 Å². The van der Waals surface area contributed by atoms with E-state index in [1.54, 1.807) is 17.7 Å². The summed E-state index contributed by atoms with van der Waals surface area (Å²) in [6.45, 7) is 2.07. The number of aliphatic carboxylic acids is 1. The van der Waals surface area contributed by atoms with E-state index in [9.17, 15) is 9.18 Å². The van der Waals surface area contributed by atoms with E-state index in [0.717, 1.165) is 10.9 Å². The van der Waals surface area contributed by atoms with E-state index in [4.69, 9.17) is 5.11 Å². The van der Waals surface area contributed by atoms with Crippen molar-refractivity contribution in [2.24, 2.45) is 0 Å². The van der Waals surface area contributed by atoms with Gasteiger partial charge in [0.05, 0.1) is 24.2 Å². The van der Waals surface area contributed by atoms with Crippen molar-refractivity contribution in [2.45, 2.75) is 19.9 Å². The van der Waals surface area contributed by atoms with Gasteiger partial charge in [0.2, 0.25) is 0 Å². The Morgan fingerprint density at radius 2 is 2.31 bits per heavy atom. The van der Waals surface area contributed by atoms with Gasteiger partial charge < -0.3 is 5.11 Å². The molecule has 0 saturated carbocycles. The molecule has 1 aromatic carbocycles. The number of aryl methyl sites for hydroxylation is 2. The van der Waals surface area contributed by atoms with Crippen molar-refractivity contribution >= 4 is 16.9 Å². The third-order valence-electron chi connectivity index (χ3n) is 2.43. The van der Waals surface area contributed by atoms with E-state index < -0.39 is 5.97 Å². The fourth-order valence-electron chi connectivity index (χ4n) is 1.68. The molecule has 0 unspecified atom stereocenters. The largest absolute Gasteiger partial charge is 0.481 e. The molecule has 5 heteroatoms. The Kier molecular flexibility index (Phi) is 2.60. The molecule has 2 rings (SSSR count). The van der Waals surface area contributed by atoms with Crippen molar-refractivity contribution in [1.29, 1.82) is 0 Å². The van der Waals surface area contributed by atoms with E-state index in [2.05, 4.69) is 5.10 Å². The second-order valence-electron chi connectivity index (χ2n) is 3.61. The fourth-order valence-corrected chi connectivity index (χ4v) is 1.68. The van der Waals surface area contributed by atoms with Gasteiger partial charge in [-0.25, -0.2) is 4.39 Å². The van der Waals surface area contributed by atoms with Gasteiger partial charge in [-0.1, -0.05) is 0 Å². The summed E-state index contributed by atoms with van der Waals surface area (Å²) in [4.78, 5) is 10.5. The topological polar surface area (TPSA) is 55.1 Å². The Balaban J connectivity index is 2.43. The average molecular weight is 222 g/mol. The molecule has 2 aromatic rings. The fraction of sp³-hybridized carbons (Fsp3) is 0.273. The van der Waals surface area contributed by atoms with Gasteiger partial charge in [-0.3, -0.25) is 9.48 Å². The van der Waals surface area contributed by atoms with Gasteiger partial charge in [0, 0.05) is 5.39 Å². The Hall–Kier alpha value is -1.91.